The number of rotatable bonds is 4. The summed E-state index contributed by atoms with van der Waals surface area (Å²) in [7, 11) is 0. The molecule has 0 amide bonds. The van der Waals surface area contributed by atoms with Crippen LogP contribution in [0.3, 0.4) is 0 Å². The van der Waals surface area contributed by atoms with Crippen LogP contribution < -0.4 is 5.32 Å². The van der Waals surface area contributed by atoms with Gasteiger partial charge in [0, 0.05) is 11.6 Å². The number of hydrogen-bond donors (Lipinski definition) is 2. The molecule has 1 aromatic carbocycles. The number of nitriles is 1. The minimum atomic E-state index is -0.755. The fourth-order valence-electron chi connectivity index (χ4n) is 2.81. The third-order valence-corrected chi connectivity index (χ3v) is 4.64. The van der Waals surface area contributed by atoms with Crippen LogP contribution in [0.5, 0.6) is 0 Å². The monoisotopic (exact) mass is 306 g/mol. The van der Waals surface area contributed by atoms with Gasteiger partial charge < -0.3 is 10.4 Å². The van der Waals surface area contributed by atoms with Crippen molar-refractivity contribution in [2.24, 2.45) is 11.3 Å². The lowest BCUT2D eigenvalue weighted by Crippen LogP contribution is -2.41. The number of anilines is 1. The van der Waals surface area contributed by atoms with Crippen LogP contribution in [0.2, 0.25) is 5.02 Å². The fourth-order valence-corrected chi connectivity index (χ4v) is 2.98. The lowest BCUT2D eigenvalue weighted by atomic mass is 9.70. The van der Waals surface area contributed by atoms with E-state index in [1.165, 1.54) is 0 Å². The number of hydrogen-bond acceptors (Lipinski definition) is 3. The van der Waals surface area contributed by atoms with Gasteiger partial charge in [0.05, 0.1) is 16.7 Å². The molecule has 1 saturated carbocycles. The second-order valence-corrected chi connectivity index (χ2v) is 6.36. The summed E-state index contributed by atoms with van der Waals surface area (Å²) >= 11 is 5.87. The predicted molar refractivity (Wildman–Crippen MR) is 82.4 cm³/mol. The average molecular weight is 307 g/mol. The first kappa shape index (κ1) is 15.7. The van der Waals surface area contributed by atoms with E-state index in [1.54, 1.807) is 18.2 Å². The summed E-state index contributed by atoms with van der Waals surface area (Å²) < 4.78 is 0. The Hall–Kier alpha value is -1.73. The third-order valence-electron chi connectivity index (χ3n) is 4.40. The zero-order valence-electron chi connectivity index (χ0n) is 12.0. The minimum absolute atomic E-state index is 0.339. The lowest BCUT2D eigenvalue weighted by Gasteiger charge is -2.36. The van der Waals surface area contributed by atoms with Gasteiger partial charge in [-0.1, -0.05) is 18.5 Å². The van der Waals surface area contributed by atoms with Gasteiger partial charge in [-0.25, -0.2) is 0 Å². The zero-order chi connectivity index (χ0) is 15.5. The van der Waals surface area contributed by atoms with Crippen molar-refractivity contribution in [2.45, 2.75) is 32.6 Å². The van der Waals surface area contributed by atoms with Crippen LogP contribution in [0.25, 0.3) is 0 Å². The topological polar surface area (TPSA) is 73.1 Å². The normalized spacial score (nSPS) is 25.1. The summed E-state index contributed by atoms with van der Waals surface area (Å²) in [6.07, 6.45) is 3.21. The summed E-state index contributed by atoms with van der Waals surface area (Å²) in [4.78, 5) is 11.7. The third kappa shape index (κ3) is 3.48. The van der Waals surface area contributed by atoms with E-state index in [1.807, 2.05) is 0 Å². The van der Waals surface area contributed by atoms with Crippen molar-refractivity contribution in [2.75, 3.05) is 11.9 Å². The molecule has 0 saturated heterocycles. The minimum Gasteiger partial charge on any atom is -0.481 e. The molecule has 0 heterocycles. The van der Waals surface area contributed by atoms with Gasteiger partial charge in [-0.3, -0.25) is 4.79 Å². The van der Waals surface area contributed by atoms with Crippen LogP contribution in [-0.2, 0) is 4.79 Å². The highest BCUT2D eigenvalue weighted by atomic mass is 35.5. The molecule has 1 aliphatic rings. The Balaban J connectivity index is 2.13. The SMILES string of the molecule is CC1CCC(CNc2ccc(Cl)cc2C#N)(C(=O)O)CC1. The van der Waals surface area contributed by atoms with E-state index < -0.39 is 11.4 Å². The van der Waals surface area contributed by atoms with E-state index in [0.29, 0.717) is 41.6 Å². The van der Waals surface area contributed by atoms with Crippen LogP contribution in [0, 0.1) is 22.7 Å². The quantitative estimate of drug-likeness (QED) is 0.884. The second kappa shape index (κ2) is 6.36. The van der Waals surface area contributed by atoms with Crippen LogP contribution in [0.4, 0.5) is 5.69 Å². The smallest absolute Gasteiger partial charge is 0.311 e. The molecule has 21 heavy (non-hydrogen) atoms. The van der Waals surface area contributed by atoms with Gasteiger partial charge in [0.2, 0.25) is 0 Å². The average Bonchev–Trinajstić information content (AvgIpc) is 2.47. The summed E-state index contributed by atoms with van der Waals surface area (Å²) in [5.74, 6) is -0.169. The van der Waals surface area contributed by atoms with E-state index in [2.05, 4.69) is 18.3 Å². The van der Waals surface area contributed by atoms with Gasteiger partial charge in [-0.2, -0.15) is 5.26 Å². The maximum atomic E-state index is 11.7. The Labute approximate surface area is 129 Å². The van der Waals surface area contributed by atoms with Crippen molar-refractivity contribution < 1.29 is 9.90 Å². The molecule has 112 valence electrons. The molecule has 0 aliphatic heterocycles. The van der Waals surface area contributed by atoms with Gasteiger partial charge >= 0.3 is 5.97 Å². The standard InChI is InChI=1S/C16H19ClN2O2/c1-11-4-6-16(7-5-11,15(20)21)10-19-14-3-2-13(17)8-12(14)9-18/h2-3,8,11,19H,4-7,10H2,1H3,(H,20,21). The number of benzene rings is 1. The number of aliphatic carboxylic acids is 1. The molecule has 0 bridgehead atoms. The first-order valence-corrected chi connectivity index (χ1v) is 7.51. The Morgan fingerprint density at radius 3 is 2.76 bits per heavy atom. The Morgan fingerprint density at radius 2 is 2.19 bits per heavy atom. The highest BCUT2D eigenvalue weighted by molar-refractivity contribution is 6.30. The van der Waals surface area contributed by atoms with E-state index in [-0.39, 0.29) is 0 Å². The van der Waals surface area contributed by atoms with Gasteiger partial charge in [0.1, 0.15) is 6.07 Å². The van der Waals surface area contributed by atoms with Crippen molar-refractivity contribution >= 4 is 23.3 Å². The molecule has 1 aliphatic carbocycles. The first-order chi connectivity index (χ1) is 9.97. The van der Waals surface area contributed by atoms with Crippen LogP contribution in [0.1, 0.15) is 38.2 Å². The van der Waals surface area contributed by atoms with E-state index in [4.69, 9.17) is 16.9 Å². The largest absolute Gasteiger partial charge is 0.481 e. The molecule has 0 aromatic heterocycles. The molecule has 0 radical (unpaired) electrons. The highest BCUT2D eigenvalue weighted by Gasteiger charge is 2.41. The van der Waals surface area contributed by atoms with Crippen molar-refractivity contribution in [3.05, 3.63) is 28.8 Å². The van der Waals surface area contributed by atoms with Crippen LogP contribution in [-0.4, -0.2) is 17.6 Å². The van der Waals surface area contributed by atoms with Crippen LogP contribution in [0.15, 0.2) is 18.2 Å². The van der Waals surface area contributed by atoms with E-state index in [9.17, 15) is 9.90 Å². The molecule has 2 rings (SSSR count). The van der Waals surface area contributed by atoms with Crippen molar-refractivity contribution in [1.82, 2.24) is 0 Å². The van der Waals surface area contributed by atoms with E-state index >= 15 is 0 Å². The summed E-state index contributed by atoms with van der Waals surface area (Å²) in [5.41, 5.74) is 0.340. The number of nitrogens with one attached hydrogen (secondary N) is 1. The zero-order valence-corrected chi connectivity index (χ0v) is 12.8. The number of carboxylic acids is 1. The molecule has 4 nitrogen and oxygen atoms in total. The maximum absolute atomic E-state index is 11.7. The summed E-state index contributed by atoms with van der Waals surface area (Å²) in [6.45, 7) is 2.50. The molecule has 0 spiro atoms. The molecule has 0 unspecified atom stereocenters. The lowest BCUT2D eigenvalue weighted by molar-refractivity contribution is -0.150. The van der Waals surface area contributed by atoms with Crippen molar-refractivity contribution in [3.63, 3.8) is 0 Å². The Morgan fingerprint density at radius 1 is 1.52 bits per heavy atom. The predicted octanol–water partition coefficient (Wildman–Crippen LogP) is 3.90. The molecule has 1 fully saturated rings. The van der Waals surface area contributed by atoms with Crippen molar-refractivity contribution in [3.8, 4) is 6.07 Å². The number of nitrogens with zero attached hydrogens (tertiary/aromatic N) is 1. The van der Waals surface area contributed by atoms with E-state index in [0.717, 1.165) is 12.8 Å². The van der Waals surface area contributed by atoms with Gasteiger partial charge in [0.15, 0.2) is 0 Å². The first-order valence-electron chi connectivity index (χ1n) is 7.14. The molecule has 0 atom stereocenters. The fraction of sp³-hybridized carbons (Fsp3) is 0.500. The molecule has 2 N–H and O–H groups in total. The molecular weight excluding hydrogens is 288 g/mol. The van der Waals surface area contributed by atoms with Gasteiger partial charge in [0.25, 0.3) is 0 Å². The second-order valence-electron chi connectivity index (χ2n) is 5.92. The van der Waals surface area contributed by atoms with Gasteiger partial charge in [-0.15, -0.1) is 0 Å². The molecular formula is C16H19ClN2O2. The van der Waals surface area contributed by atoms with Crippen molar-refractivity contribution in [1.29, 1.82) is 5.26 Å². The highest BCUT2D eigenvalue weighted by Crippen LogP contribution is 2.39. The maximum Gasteiger partial charge on any atom is 0.311 e. The summed E-state index contributed by atoms with van der Waals surface area (Å²) in [5, 5.41) is 22.4. The van der Waals surface area contributed by atoms with Gasteiger partial charge in [-0.05, 0) is 49.8 Å². The van der Waals surface area contributed by atoms with Crippen LogP contribution >= 0.6 is 11.6 Å². The molecule has 1 aromatic rings. The Bertz CT molecular complexity index is 572. The number of carbonyl (C=O) groups is 1. The number of halogens is 1. The summed E-state index contributed by atoms with van der Waals surface area (Å²) in [6, 6.07) is 7.08. The number of carboxylic acid groups (broad SMARTS) is 1. The Kier molecular flexibility index (Phi) is 4.74. The molecule has 5 heteroatoms.